The van der Waals surface area contributed by atoms with E-state index in [2.05, 4.69) is 15.9 Å². The van der Waals surface area contributed by atoms with Crippen molar-refractivity contribution in [3.63, 3.8) is 0 Å². The number of nitrogens with two attached hydrogens (primary N) is 1. The van der Waals surface area contributed by atoms with E-state index in [1.807, 2.05) is 0 Å². The maximum atomic E-state index is 12.8. The van der Waals surface area contributed by atoms with Gasteiger partial charge in [0.15, 0.2) is 0 Å². The van der Waals surface area contributed by atoms with E-state index >= 15 is 0 Å². The highest BCUT2D eigenvalue weighted by molar-refractivity contribution is 9.10. The van der Waals surface area contributed by atoms with E-state index in [1.165, 1.54) is 6.07 Å². The molecule has 3 N–H and O–H groups in total. The number of hydrogen-bond acceptors (Lipinski definition) is 2. The van der Waals surface area contributed by atoms with Gasteiger partial charge in [0.2, 0.25) is 0 Å². The van der Waals surface area contributed by atoms with Gasteiger partial charge in [-0.3, -0.25) is 0 Å². The quantitative estimate of drug-likeness (QED) is 0.874. The lowest BCUT2D eigenvalue weighted by atomic mass is 9.64. The van der Waals surface area contributed by atoms with Crippen molar-refractivity contribution in [1.29, 1.82) is 0 Å². The van der Waals surface area contributed by atoms with Crippen molar-refractivity contribution in [3.8, 4) is 5.75 Å². The van der Waals surface area contributed by atoms with E-state index in [0.717, 1.165) is 25.3 Å². The molecule has 0 heterocycles. The third kappa shape index (κ3) is 2.12. The number of rotatable bonds is 2. The monoisotopic (exact) mass is 323 g/mol. The van der Waals surface area contributed by atoms with Crippen LogP contribution in [0.5, 0.6) is 5.75 Å². The van der Waals surface area contributed by atoms with Crippen molar-refractivity contribution < 1.29 is 18.3 Å². The molecule has 1 aliphatic rings. The van der Waals surface area contributed by atoms with Crippen LogP contribution in [0.25, 0.3) is 0 Å². The molecule has 0 radical (unpaired) electrons. The topological polar surface area (TPSA) is 46.2 Å². The van der Waals surface area contributed by atoms with Crippen LogP contribution in [0, 0.1) is 0 Å². The zero-order valence-electron chi connectivity index (χ0n) is 9.52. The van der Waals surface area contributed by atoms with Gasteiger partial charge >= 0.3 is 6.18 Å². The SMILES string of the molecule is NCC1(c2cc(Br)c(O)c(C(F)(F)F)c2)CCC1. The normalized spacial score (nSPS) is 18.5. The Morgan fingerprint density at radius 1 is 1.33 bits per heavy atom. The van der Waals surface area contributed by atoms with Crippen LogP contribution < -0.4 is 5.73 Å². The highest BCUT2D eigenvalue weighted by atomic mass is 79.9. The predicted octanol–water partition coefficient (Wildman–Crippen LogP) is 3.55. The van der Waals surface area contributed by atoms with Crippen LogP contribution in [0.3, 0.4) is 0 Å². The molecule has 2 nitrogen and oxygen atoms in total. The molecular weight excluding hydrogens is 311 g/mol. The summed E-state index contributed by atoms with van der Waals surface area (Å²) in [5.41, 5.74) is 4.87. The molecule has 0 aromatic heterocycles. The van der Waals surface area contributed by atoms with Crippen molar-refractivity contribution in [1.82, 2.24) is 0 Å². The number of benzene rings is 1. The molecule has 0 aliphatic heterocycles. The second-order valence-corrected chi connectivity index (χ2v) is 5.54. The van der Waals surface area contributed by atoms with E-state index in [4.69, 9.17) is 5.73 Å². The van der Waals surface area contributed by atoms with Gasteiger partial charge < -0.3 is 10.8 Å². The molecule has 1 fully saturated rings. The Morgan fingerprint density at radius 2 is 1.94 bits per heavy atom. The fraction of sp³-hybridized carbons (Fsp3) is 0.500. The van der Waals surface area contributed by atoms with Crippen molar-refractivity contribution in [2.75, 3.05) is 6.54 Å². The van der Waals surface area contributed by atoms with Gasteiger partial charge in [0.25, 0.3) is 0 Å². The van der Waals surface area contributed by atoms with Gasteiger partial charge in [-0.25, -0.2) is 0 Å². The van der Waals surface area contributed by atoms with Crippen LogP contribution in [0.4, 0.5) is 13.2 Å². The Bertz CT molecular complexity index is 464. The molecule has 0 saturated heterocycles. The van der Waals surface area contributed by atoms with E-state index < -0.39 is 17.5 Å². The van der Waals surface area contributed by atoms with Crippen LogP contribution in [-0.4, -0.2) is 11.7 Å². The highest BCUT2D eigenvalue weighted by Crippen LogP contribution is 2.48. The average Bonchev–Trinajstić information content (AvgIpc) is 2.20. The van der Waals surface area contributed by atoms with Crippen LogP contribution in [0.1, 0.15) is 30.4 Å². The molecule has 0 spiro atoms. The van der Waals surface area contributed by atoms with Crippen LogP contribution in [-0.2, 0) is 11.6 Å². The summed E-state index contributed by atoms with van der Waals surface area (Å²) >= 11 is 2.97. The minimum atomic E-state index is -4.57. The smallest absolute Gasteiger partial charge is 0.420 e. The molecule has 1 saturated carbocycles. The first-order valence-corrected chi connectivity index (χ1v) is 6.40. The van der Waals surface area contributed by atoms with Gasteiger partial charge in [0.05, 0.1) is 10.0 Å². The molecule has 0 bridgehead atoms. The zero-order chi connectivity index (χ0) is 13.6. The van der Waals surface area contributed by atoms with Crippen LogP contribution in [0.15, 0.2) is 16.6 Å². The van der Waals surface area contributed by atoms with Crippen molar-refractivity contribution in [2.45, 2.75) is 30.9 Å². The van der Waals surface area contributed by atoms with Gasteiger partial charge in [-0.05, 0) is 46.5 Å². The largest absolute Gasteiger partial charge is 0.506 e. The minimum absolute atomic E-state index is 0.0621. The summed E-state index contributed by atoms with van der Waals surface area (Å²) in [6.07, 6.45) is -2.02. The zero-order valence-corrected chi connectivity index (χ0v) is 11.1. The second kappa shape index (κ2) is 4.42. The molecule has 100 valence electrons. The summed E-state index contributed by atoms with van der Waals surface area (Å²) in [7, 11) is 0. The fourth-order valence-corrected chi connectivity index (χ4v) is 2.80. The molecule has 6 heteroatoms. The minimum Gasteiger partial charge on any atom is -0.506 e. The molecule has 2 rings (SSSR count). The third-order valence-corrected chi connectivity index (χ3v) is 4.29. The van der Waals surface area contributed by atoms with Gasteiger partial charge in [0, 0.05) is 12.0 Å². The molecule has 1 aromatic carbocycles. The summed E-state index contributed by atoms with van der Waals surface area (Å²) in [6, 6.07) is 2.56. The highest BCUT2D eigenvalue weighted by Gasteiger charge is 2.41. The fourth-order valence-electron chi connectivity index (χ4n) is 2.34. The Kier molecular flexibility index (Phi) is 3.36. The van der Waals surface area contributed by atoms with Crippen molar-refractivity contribution in [3.05, 3.63) is 27.7 Å². The van der Waals surface area contributed by atoms with Crippen LogP contribution >= 0.6 is 15.9 Å². The lowest BCUT2D eigenvalue weighted by Gasteiger charge is -2.42. The van der Waals surface area contributed by atoms with E-state index in [0.29, 0.717) is 12.1 Å². The second-order valence-electron chi connectivity index (χ2n) is 4.69. The van der Waals surface area contributed by atoms with E-state index in [9.17, 15) is 18.3 Å². The molecule has 1 aliphatic carbocycles. The molecular formula is C12H13BrF3NO. The molecule has 0 atom stereocenters. The lowest BCUT2D eigenvalue weighted by molar-refractivity contribution is -0.138. The van der Waals surface area contributed by atoms with Gasteiger partial charge in [-0.15, -0.1) is 0 Å². The number of phenols is 1. The third-order valence-electron chi connectivity index (χ3n) is 3.68. The van der Waals surface area contributed by atoms with Gasteiger partial charge in [-0.2, -0.15) is 13.2 Å². The lowest BCUT2D eigenvalue weighted by Crippen LogP contribution is -2.41. The summed E-state index contributed by atoms with van der Waals surface area (Å²) in [6.45, 7) is 0.321. The van der Waals surface area contributed by atoms with E-state index in [1.54, 1.807) is 0 Å². The summed E-state index contributed by atoms with van der Waals surface area (Å²) in [5, 5.41) is 9.49. The first-order chi connectivity index (χ1) is 8.30. The molecule has 18 heavy (non-hydrogen) atoms. The summed E-state index contributed by atoms with van der Waals surface area (Å²) < 4.78 is 38.5. The maximum absolute atomic E-state index is 12.8. The summed E-state index contributed by atoms with van der Waals surface area (Å²) in [4.78, 5) is 0. The number of alkyl halides is 3. The Labute approximate surface area is 111 Å². The van der Waals surface area contributed by atoms with Crippen molar-refractivity contribution >= 4 is 15.9 Å². The predicted molar refractivity (Wildman–Crippen MR) is 65.4 cm³/mol. The Hall–Kier alpha value is -0.750. The van der Waals surface area contributed by atoms with Crippen LogP contribution in [0.2, 0.25) is 0 Å². The number of hydrogen-bond donors (Lipinski definition) is 2. The first kappa shape index (κ1) is 13.7. The average molecular weight is 324 g/mol. The number of aromatic hydroxyl groups is 1. The standard InChI is InChI=1S/C12H13BrF3NO/c13-9-5-7(11(6-17)2-1-3-11)4-8(10(9)18)12(14,15)16/h4-5,18H,1-3,6,17H2. The summed E-state index contributed by atoms with van der Waals surface area (Å²) in [5.74, 6) is -0.766. The number of halogens is 4. The van der Waals surface area contributed by atoms with Crippen molar-refractivity contribution in [2.24, 2.45) is 5.73 Å². The molecule has 0 amide bonds. The maximum Gasteiger partial charge on any atom is 0.420 e. The molecule has 1 aromatic rings. The van der Waals surface area contributed by atoms with Gasteiger partial charge in [0.1, 0.15) is 5.75 Å². The number of phenolic OH excluding ortho intramolecular Hbond substituents is 1. The molecule has 0 unspecified atom stereocenters. The Balaban J connectivity index is 2.54. The first-order valence-electron chi connectivity index (χ1n) is 5.60. The Morgan fingerprint density at radius 3 is 2.33 bits per heavy atom. The van der Waals surface area contributed by atoms with E-state index in [-0.39, 0.29) is 9.89 Å². The van der Waals surface area contributed by atoms with Gasteiger partial charge in [-0.1, -0.05) is 6.42 Å².